The maximum atomic E-state index is 5.10. The molecular weight excluding hydrogens is 284 g/mol. The summed E-state index contributed by atoms with van der Waals surface area (Å²) in [6.07, 6.45) is 0. The molecule has 5 nitrogen and oxygen atoms in total. The van der Waals surface area contributed by atoms with Crippen LogP contribution in [0.3, 0.4) is 0 Å². The van der Waals surface area contributed by atoms with Gasteiger partial charge in [0.2, 0.25) is 0 Å². The van der Waals surface area contributed by atoms with Gasteiger partial charge in [0.1, 0.15) is 0 Å². The van der Waals surface area contributed by atoms with E-state index in [4.69, 9.17) is 9.73 Å². The number of thioether (sulfide) groups is 1. The second-order valence-electron chi connectivity index (χ2n) is 6.06. The van der Waals surface area contributed by atoms with Crippen LogP contribution in [0.4, 0.5) is 0 Å². The first-order valence-electron chi connectivity index (χ1n) is 7.83. The lowest BCUT2D eigenvalue weighted by Gasteiger charge is -2.39. The molecule has 0 bridgehead atoms. The summed E-state index contributed by atoms with van der Waals surface area (Å²) in [6, 6.07) is 0. The summed E-state index contributed by atoms with van der Waals surface area (Å²) in [5, 5.41) is 3.43. The standard InChI is InChI=1S/C15H32N4OS/c1-6-16-14(17-7-8-18(4)9-11-20-5)19-10-12-21-15(2,3)13-19/h6-13H2,1-5H3,(H,16,17). The molecule has 1 aliphatic rings. The van der Waals surface area contributed by atoms with Crippen molar-refractivity contribution in [2.24, 2.45) is 4.99 Å². The molecule has 0 aromatic heterocycles. The van der Waals surface area contributed by atoms with Crippen molar-refractivity contribution < 1.29 is 4.74 Å². The largest absolute Gasteiger partial charge is 0.383 e. The van der Waals surface area contributed by atoms with Crippen LogP contribution >= 0.6 is 11.8 Å². The molecule has 1 saturated heterocycles. The van der Waals surface area contributed by atoms with E-state index >= 15 is 0 Å². The van der Waals surface area contributed by atoms with E-state index in [0.29, 0.717) is 4.75 Å². The van der Waals surface area contributed by atoms with E-state index in [2.05, 4.69) is 54.7 Å². The molecule has 0 unspecified atom stereocenters. The molecule has 1 heterocycles. The van der Waals surface area contributed by atoms with Crippen molar-refractivity contribution in [1.82, 2.24) is 15.1 Å². The van der Waals surface area contributed by atoms with Crippen molar-refractivity contribution in [3.05, 3.63) is 0 Å². The first kappa shape index (κ1) is 18.6. The number of rotatable bonds is 7. The molecule has 0 spiro atoms. The summed E-state index contributed by atoms with van der Waals surface area (Å²) in [4.78, 5) is 9.44. The summed E-state index contributed by atoms with van der Waals surface area (Å²) in [5.74, 6) is 2.23. The quantitative estimate of drug-likeness (QED) is 0.567. The minimum Gasteiger partial charge on any atom is -0.383 e. The van der Waals surface area contributed by atoms with Crippen molar-refractivity contribution in [3.63, 3.8) is 0 Å². The van der Waals surface area contributed by atoms with Gasteiger partial charge in [-0.1, -0.05) is 0 Å². The summed E-state index contributed by atoms with van der Waals surface area (Å²) in [6.45, 7) is 13.3. The number of ether oxygens (including phenoxy) is 1. The van der Waals surface area contributed by atoms with Crippen LogP contribution in [-0.4, -0.2) is 86.3 Å². The molecule has 124 valence electrons. The fraction of sp³-hybridized carbons (Fsp3) is 0.933. The Hall–Kier alpha value is -0.460. The Labute approximate surface area is 134 Å². The van der Waals surface area contributed by atoms with Gasteiger partial charge in [0, 0.05) is 50.3 Å². The van der Waals surface area contributed by atoms with Crippen molar-refractivity contribution in [1.29, 1.82) is 0 Å². The Balaban J connectivity index is 2.49. The highest BCUT2D eigenvalue weighted by atomic mass is 32.2. The molecule has 1 N–H and O–H groups in total. The van der Waals surface area contributed by atoms with Crippen molar-refractivity contribution in [2.45, 2.75) is 25.5 Å². The molecule has 0 atom stereocenters. The Bertz CT molecular complexity index is 323. The smallest absolute Gasteiger partial charge is 0.194 e. The third-order valence-electron chi connectivity index (χ3n) is 3.48. The van der Waals surface area contributed by atoms with E-state index in [0.717, 1.165) is 51.8 Å². The third kappa shape index (κ3) is 7.38. The maximum Gasteiger partial charge on any atom is 0.194 e. The van der Waals surface area contributed by atoms with E-state index < -0.39 is 0 Å². The third-order valence-corrected chi connectivity index (χ3v) is 4.78. The lowest BCUT2D eigenvalue weighted by molar-refractivity contribution is 0.163. The zero-order valence-electron chi connectivity index (χ0n) is 14.3. The second-order valence-corrected chi connectivity index (χ2v) is 7.86. The van der Waals surface area contributed by atoms with Crippen LogP contribution in [0.25, 0.3) is 0 Å². The maximum absolute atomic E-state index is 5.10. The molecule has 0 amide bonds. The average molecular weight is 317 g/mol. The number of hydrogen-bond acceptors (Lipinski definition) is 4. The molecular formula is C15H32N4OS. The molecule has 0 aromatic carbocycles. The average Bonchev–Trinajstić information content (AvgIpc) is 2.43. The summed E-state index contributed by atoms with van der Waals surface area (Å²) in [5.41, 5.74) is 0. The van der Waals surface area contributed by atoms with Gasteiger partial charge in [0.15, 0.2) is 5.96 Å². The van der Waals surface area contributed by atoms with E-state index in [1.54, 1.807) is 7.11 Å². The van der Waals surface area contributed by atoms with Gasteiger partial charge in [0.05, 0.1) is 13.2 Å². The lowest BCUT2D eigenvalue weighted by Crippen LogP contribution is -2.51. The predicted molar refractivity (Wildman–Crippen MR) is 93.5 cm³/mol. The minimum atomic E-state index is 0.309. The van der Waals surface area contributed by atoms with Crippen LogP contribution in [0, 0.1) is 0 Å². The SMILES string of the molecule is CCNC(=NCCN(C)CCOC)N1CCSC(C)(C)C1. The lowest BCUT2D eigenvalue weighted by atomic mass is 10.2. The molecule has 6 heteroatoms. The van der Waals surface area contributed by atoms with Gasteiger partial charge in [-0.3, -0.25) is 4.99 Å². The number of aliphatic imine (C=N–C) groups is 1. The molecule has 1 fully saturated rings. The zero-order chi connectivity index (χ0) is 15.7. The van der Waals surface area contributed by atoms with Crippen molar-refractivity contribution in [2.75, 3.05) is 65.8 Å². The molecule has 0 saturated carbocycles. The number of nitrogens with one attached hydrogen (secondary N) is 1. The fourth-order valence-corrected chi connectivity index (χ4v) is 3.42. The van der Waals surface area contributed by atoms with Gasteiger partial charge >= 0.3 is 0 Å². The highest BCUT2D eigenvalue weighted by molar-refractivity contribution is 8.00. The normalized spacial score (nSPS) is 19.1. The van der Waals surface area contributed by atoms with Gasteiger partial charge in [-0.2, -0.15) is 11.8 Å². The highest BCUT2D eigenvalue weighted by Gasteiger charge is 2.28. The second kappa shape index (κ2) is 9.54. The molecule has 0 aromatic rings. The van der Waals surface area contributed by atoms with Gasteiger partial charge in [-0.25, -0.2) is 0 Å². The fourth-order valence-electron chi connectivity index (χ4n) is 2.31. The highest BCUT2D eigenvalue weighted by Crippen LogP contribution is 2.29. The van der Waals surface area contributed by atoms with E-state index in [9.17, 15) is 0 Å². The summed E-state index contributed by atoms with van der Waals surface area (Å²) < 4.78 is 5.41. The Morgan fingerprint density at radius 2 is 2.19 bits per heavy atom. The van der Waals surface area contributed by atoms with Crippen LogP contribution in [0.1, 0.15) is 20.8 Å². The first-order valence-corrected chi connectivity index (χ1v) is 8.82. The zero-order valence-corrected chi connectivity index (χ0v) is 15.1. The number of hydrogen-bond donors (Lipinski definition) is 1. The van der Waals surface area contributed by atoms with E-state index in [-0.39, 0.29) is 0 Å². The predicted octanol–water partition coefficient (Wildman–Crippen LogP) is 1.36. The number of methoxy groups -OCH3 is 1. The van der Waals surface area contributed by atoms with Crippen LogP contribution in [0.15, 0.2) is 4.99 Å². The van der Waals surface area contributed by atoms with Crippen molar-refractivity contribution >= 4 is 17.7 Å². The molecule has 1 rings (SSSR count). The van der Waals surface area contributed by atoms with Gasteiger partial charge in [0.25, 0.3) is 0 Å². The van der Waals surface area contributed by atoms with Crippen molar-refractivity contribution in [3.8, 4) is 0 Å². The molecule has 0 aliphatic carbocycles. The van der Waals surface area contributed by atoms with Crippen LogP contribution in [0.5, 0.6) is 0 Å². The molecule has 21 heavy (non-hydrogen) atoms. The number of guanidine groups is 1. The minimum absolute atomic E-state index is 0.309. The van der Waals surface area contributed by atoms with Gasteiger partial charge in [-0.05, 0) is 27.8 Å². The van der Waals surface area contributed by atoms with Gasteiger partial charge in [-0.15, -0.1) is 0 Å². The topological polar surface area (TPSA) is 40.1 Å². The Morgan fingerprint density at radius 1 is 1.43 bits per heavy atom. The first-order chi connectivity index (χ1) is 9.98. The number of likely N-dealkylation sites (N-methyl/N-ethyl adjacent to an activating group) is 1. The van der Waals surface area contributed by atoms with Crippen LogP contribution in [-0.2, 0) is 4.74 Å². The Kier molecular flexibility index (Phi) is 8.44. The monoisotopic (exact) mass is 316 g/mol. The van der Waals surface area contributed by atoms with Gasteiger partial charge < -0.3 is 19.9 Å². The van der Waals surface area contributed by atoms with E-state index in [1.807, 2.05) is 0 Å². The Morgan fingerprint density at radius 3 is 2.81 bits per heavy atom. The number of nitrogens with zero attached hydrogens (tertiary/aromatic N) is 3. The molecule has 1 aliphatic heterocycles. The molecule has 0 radical (unpaired) electrons. The summed E-state index contributed by atoms with van der Waals surface area (Å²) in [7, 11) is 3.85. The van der Waals surface area contributed by atoms with E-state index in [1.165, 1.54) is 5.75 Å². The van der Waals surface area contributed by atoms with Crippen LogP contribution < -0.4 is 5.32 Å². The van der Waals surface area contributed by atoms with Crippen LogP contribution in [0.2, 0.25) is 0 Å². The summed E-state index contributed by atoms with van der Waals surface area (Å²) >= 11 is 2.05.